The number of unbranched alkanes of at least 4 members (excludes halogenated alkanes) is 24. The average molecular weight is 654 g/mol. The maximum absolute atomic E-state index is 12.6. The number of hydrogen-bond acceptors (Lipinski definition) is 3. The van der Waals surface area contributed by atoms with E-state index in [1.165, 1.54) is 154 Å². The zero-order valence-electron chi connectivity index (χ0n) is 29.7. The summed E-state index contributed by atoms with van der Waals surface area (Å²) in [4.78, 5) is 12.6. The molecule has 0 aliphatic rings. The van der Waals surface area contributed by atoms with Crippen LogP contribution in [0.3, 0.4) is 0 Å². The Hall–Kier alpha value is -1.10. The van der Waals surface area contributed by atoms with Crippen molar-refractivity contribution in [1.82, 2.24) is 4.72 Å². The van der Waals surface area contributed by atoms with E-state index in [1.807, 2.05) is 0 Å². The highest BCUT2D eigenvalue weighted by Crippen LogP contribution is 2.20. The van der Waals surface area contributed by atoms with Gasteiger partial charge in [0.05, 0.1) is 6.26 Å². The van der Waals surface area contributed by atoms with Gasteiger partial charge in [-0.05, 0) is 64.2 Å². The minimum Gasteiger partial charge on any atom is -0.274 e. The van der Waals surface area contributed by atoms with Gasteiger partial charge in [-0.2, -0.15) is 0 Å². The number of nitrogens with one attached hydrogen (secondary N) is 1. The summed E-state index contributed by atoms with van der Waals surface area (Å²) in [6.45, 7) is 4.54. The molecular weight excluding hydrogens is 575 g/mol. The summed E-state index contributed by atoms with van der Waals surface area (Å²) in [7, 11) is -3.50. The van der Waals surface area contributed by atoms with Crippen molar-refractivity contribution in [2.45, 2.75) is 214 Å². The van der Waals surface area contributed by atoms with Crippen LogP contribution in [-0.4, -0.2) is 20.6 Å². The first-order valence-corrected chi connectivity index (χ1v) is 21.1. The zero-order valence-corrected chi connectivity index (χ0v) is 30.5. The summed E-state index contributed by atoms with van der Waals surface area (Å²) in [6.07, 6.45) is 47.7. The summed E-state index contributed by atoms with van der Waals surface area (Å²) < 4.78 is 25.6. The molecule has 5 heteroatoms. The van der Waals surface area contributed by atoms with Crippen molar-refractivity contribution in [2.24, 2.45) is 5.92 Å². The Morgan fingerprint density at radius 1 is 0.489 bits per heavy atom. The number of amides is 1. The first-order chi connectivity index (χ1) is 21.4. The van der Waals surface area contributed by atoms with E-state index in [0.29, 0.717) is 0 Å². The van der Waals surface area contributed by atoms with Gasteiger partial charge in [0.2, 0.25) is 15.9 Å². The average Bonchev–Trinajstić information content (AvgIpc) is 2.98. The van der Waals surface area contributed by atoms with Crippen LogP contribution in [0.25, 0.3) is 0 Å². The summed E-state index contributed by atoms with van der Waals surface area (Å²) in [5, 5.41) is 0. The topological polar surface area (TPSA) is 63.2 Å². The molecule has 45 heavy (non-hydrogen) atoms. The molecule has 0 radical (unpaired) electrons. The molecule has 0 rings (SSSR count). The lowest BCUT2D eigenvalue weighted by molar-refractivity contribution is -0.123. The number of sulfonamides is 1. The predicted octanol–water partition coefficient (Wildman–Crippen LogP) is 13.2. The third-order valence-electron chi connectivity index (χ3n) is 8.79. The second-order valence-electron chi connectivity index (χ2n) is 13.4. The maximum atomic E-state index is 12.6. The van der Waals surface area contributed by atoms with Crippen LogP contribution >= 0.6 is 0 Å². The second kappa shape index (κ2) is 35.7. The number of hydrogen-bond donors (Lipinski definition) is 1. The normalized spacial score (nSPS) is 12.0. The summed E-state index contributed by atoms with van der Waals surface area (Å²) >= 11 is 0. The Morgan fingerprint density at radius 2 is 0.756 bits per heavy atom. The van der Waals surface area contributed by atoms with E-state index in [9.17, 15) is 13.2 Å². The zero-order chi connectivity index (χ0) is 32.4. The highest BCUT2D eigenvalue weighted by molar-refractivity contribution is 7.89. The quantitative estimate of drug-likeness (QED) is 0.0555. The van der Waals surface area contributed by atoms with Gasteiger partial charge >= 0.3 is 0 Å². The van der Waals surface area contributed by atoms with Crippen LogP contribution in [0.2, 0.25) is 0 Å². The standard InChI is InChI=1S/C39H75NO3S.CH4/c1-4-6-8-10-12-14-16-18-20-22-24-26-28-30-32-34-36-38(39(41)40-44(3,42)43)37-35-33-31-29-27-25-23-21-19-17-15-13-11-9-7-5-2;/h18-21,38H,4-17,22-37H2,1-3H3,(H,40,41);1H4/b20-18-,21-19-;. The van der Waals surface area contributed by atoms with Gasteiger partial charge in [-0.1, -0.05) is 174 Å². The lowest BCUT2D eigenvalue weighted by atomic mass is 9.93. The van der Waals surface area contributed by atoms with Gasteiger partial charge in [0.25, 0.3) is 0 Å². The summed E-state index contributed by atoms with van der Waals surface area (Å²) in [5.41, 5.74) is 0. The molecule has 0 aliphatic carbocycles. The minimum atomic E-state index is -3.50. The van der Waals surface area contributed by atoms with E-state index < -0.39 is 10.0 Å². The van der Waals surface area contributed by atoms with Crippen LogP contribution in [0.1, 0.15) is 214 Å². The second-order valence-corrected chi connectivity index (χ2v) is 15.1. The fraction of sp³-hybridized carbons (Fsp3) is 0.875. The molecule has 0 fully saturated rings. The number of carbonyl (C=O) groups excluding carboxylic acids is 1. The van der Waals surface area contributed by atoms with Gasteiger partial charge in [-0.25, -0.2) is 8.42 Å². The largest absolute Gasteiger partial charge is 0.274 e. The molecule has 0 aromatic carbocycles. The number of rotatable bonds is 34. The van der Waals surface area contributed by atoms with Crippen molar-refractivity contribution >= 4 is 15.9 Å². The highest BCUT2D eigenvalue weighted by atomic mass is 32.2. The van der Waals surface area contributed by atoms with E-state index in [0.717, 1.165) is 44.8 Å². The summed E-state index contributed by atoms with van der Waals surface area (Å²) in [5.74, 6) is -0.480. The van der Waals surface area contributed by atoms with E-state index in [4.69, 9.17) is 0 Å². The molecule has 0 unspecified atom stereocenters. The van der Waals surface area contributed by atoms with Gasteiger partial charge in [-0.3, -0.25) is 9.52 Å². The molecule has 1 N–H and O–H groups in total. The Morgan fingerprint density at radius 3 is 1.04 bits per heavy atom. The van der Waals surface area contributed by atoms with Crippen LogP contribution in [0.4, 0.5) is 0 Å². The Balaban J connectivity index is 0. The van der Waals surface area contributed by atoms with Crippen molar-refractivity contribution in [2.75, 3.05) is 6.26 Å². The van der Waals surface area contributed by atoms with E-state index in [2.05, 4.69) is 42.9 Å². The third kappa shape index (κ3) is 37.2. The predicted molar refractivity (Wildman–Crippen MR) is 201 cm³/mol. The van der Waals surface area contributed by atoms with E-state index in [1.54, 1.807) is 0 Å². The van der Waals surface area contributed by atoms with Crippen LogP contribution in [0.5, 0.6) is 0 Å². The molecule has 0 spiro atoms. The van der Waals surface area contributed by atoms with Gasteiger partial charge in [0.1, 0.15) is 0 Å². The molecule has 4 nitrogen and oxygen atoms in total. The number of carbonyl (C=O) groups is 1. The highest BCUT2D eigenvalue weighted by Gasteiger charge is 2.20. The van der Waals surface area contributed by atoms with Crippen molar-refractivity contribution in [1.29, 1.82) is 0 Å². The van der Waals surface area contributed by atoms with Crippen molar-refractivity contribution in [3.8, 4) is 0 Å². The van der Waals surface area contributed by atoms with Gasteiger partial charge in [-0.15, -0.1) is 0 Å². The van der Waals surface area contributed by atoms with Crippen LogP contribution in [0.15, 0.2) is 24.3 Å². The molecule has 268 valence electrons. The maximum Gasteiger partial charge on any atom is 0.236 e. The molecule has 0 aromatic heterocycles. The van der Waals surface area contributed by atoms with Gasteiger partial charge < -0.3 is 0 Å². The monoisotopic (exact) mass is 654 g/mol. The lowest BCUT2D eigenvalue weighted by Gasteiger charge is -2.16. The van der Waals surface area contributed by atoms with Crippen molar-refractivity contribution in [3.05, 3.63) is 24.3 Å². The fourth-order valence-corrected chi connectivity index (χ4v) is 6.48. The first kappa shape index (κ1) is 46.0. The third-order valence-corrected chi connectivity index (χ3v) is 9.36. The Bertz CT molecular complexity index is 732. The van der Waals surface area contributed by atoms with Crippen LogP contribution in [-0.2, 0) is 14.8 Å². The van der Waals surface area contributed by atoms with E-state index in [-0.39, 0.29) is 19.3 Å². The first-order valence-electron chi connectivity index (χ1n) is 19.2. The Labute approximate surface area is 283 Å². The van der Waals surface area contributed by atoms with Crippen molar-refractivity contribution < 1.29 is 13.2 Å². The molecule has 0 saturated carbocycles. The molecule has 1 amide bonds. The smallest absolute Gasteiger partial charge is 0.236 e. The van der Waals surface area contributed by atoms with Crippen molar-refractivity contribution in [3.63, 3.8) is 0 Å². The molecule has 0 bridgehead atoms. The summed E-state index contributed by atoms with van der Waals surface area (Å²) in [6, 6.07) is 0. The SMILES string of the molecule is C.CCCCCCCC/C=C\CCCCCCCCC(CCCCCCCC/C=C\CCCCCCCC)C(=O)NS(C)(=O)=O. The molecule has 0 heterocycles. The van der Waals surface area contributed by atoms with Gasteiger partial charge in [0, 0.05) is 5.92 Å². The Kier molecular flexibility index (Phi) is 36.6. The number of allylic oxidation sites excluding steroid dienone is 4. The van der Waals surface area contributed by atoms with E-state index >= 15 is 0 Å². The van der Waals surface area contributed by atoms with Gasteiger partial charge in [0.15, 0.2) is 0 Å². The minimum absolute atomic E-state index is 0. The van der Waals surface area contributed by atoms with Crippen LogP contribution < -0.4 is 4.72 Å². The lowest BCUT2D eigenvalue weighted by Crippen LogP contribution is -2.35. The molecule has 0 aromatic rings. The molecule has 0 aliphatic heterocycles. The van der Waals surface area contributed by atoms with Crippen LogP contribution in [0, 0.1) is 5.92 Å². The molecule has 0 saturated heterocycles. The molecular formula is C40H79NO3S. The fourth-order valence-electron chi connectivity index (χ4n) is 5.95. The molecule has 0 atom stereocenters.